The Morgan fingerprint density at radius 3 is 1.61 bits per heavy atom. The van der Waals surface area contributed by atoms with Crippen molar-refractivity contribution in [3.05, 3.63) is 121 Å². The molecule has 0 N–H and O–H groups in total. The number of hydrogen-bond acceptors (Lipinski definition) is 7. The van der Waals surface area contributed by atoms with E-state index in [4.69, 9.17) is 13.1 Å². The van der Waals surface area contributed by atoms with Gasteiger partial charge in [-0.3, -0.25) is 0 Å². The van der Waals surface area contributed by atoms with Crippen LogP contribution in [0.25, 0.3) is 0 Å². The number of aryl methyl sites for hydroxylation is 1. The van der Waals surface area contributed by atoms with Gasteiger partial charge in [0, 0.05) is 14.7 Å². The second-order valence-electron chi connectivity index (χ2n) is 10.7. The third-order valence-corrected chi connectivity index (χ3v) is 14.3. The maximum absolute atomic E-state index is 14.2. The van der Waals surface area contributed by atoms with Gasteiger partial charge >= 0.3 is 10.1 Å². The highest BCUT2D eigenvalue weighted by molar-refractivity contribution is 8.34. The molecular weight excluding hydrogens is 629 g/mol. The van der Waals surface area contributed by atoms with E-state index >= 15 is 0 Å². The third kappa shape index (κ3) is 7.53. The molecule has 0 aliphatic carbocycles. The van der Waals surface area contributed by atoms with Crippen molar-refractivity contribution in [2.45, 2.75) is 74.8 Å². The van der Waals surface area contributed by atoms with E-state index in [-0.39, 0.29) is 17.1 Å². The predicted octanol–water partition coefficient (Wildman–Crippen LogP) is 10.4. The Bertz CT molecular complexity index is 1710. The summed E-state index contributed by atoms with van der Waals surface area (Å²) in [7, 11) is -7.02. The van der Waals surface area contributed by atoms with Crippen LogP contribution < -0.4 is 9.47 Å². The van der Waals surface area contributed by atoms with Gasteiger partial charge in [0.15, 0.2) is 0 Å². The Kier molecular flexibility index (Phi) is 10.1. The minimum absolute atomic E-state index is 0.000476. The first-order valence-electron chi connectivity index (χ1n) is 14.3. The molecule has 5 nitrogen and oxygen atoms in total. The van der Waals surface area contributed by atoms with Crippen LogP contribution in [0.3, 0.4) is 0 Å². The first kappa shape index (κ1) is 32.2. The summed E-state index contributed by atoms with van der Waals surface area (Å²) in [6.07, 6.45) is -0.000951. The lowest BCUT2D eigenvalue weighted by Gasteiger charge is -2.38. The van der Waals surface area contributed by atoms with Gasteiger partial charge < -0.3 is 9.47 Å². The summed E-state index contributed by atoms with van der Waals surface area (Å²) in [5, 5.41) is 0. The molecule has 9 heteroatoms. The van der Waals surface area contributed by atoms with E-state index in [1.54, 1.807) is 47.4 Å². The van der Waals surface area contributed by atoms with Gasteiger partial charge in [-0.2, -0.15) is 8.42 Å². The minimum Gasteiger partial charge on any atom is -0.491 e. The second-order valence-corrected chi connectivity index (χ2v) is 17.8. The fraction of sp³-hybridized carbons (Fsp3) is 0.200. The molecule has 230 valence electrons. The van der Waals surface area contributed by atoms with Gasteiger partial charge in [0.25, 0.3) is 0 Å². The summed E-state index contributed by atoms with van der Waals surface area (Å²) in [5.74, 6) is 1.40. The molecule has 0 saturated carbocycles. The summed E-state index contributed by atoms with van der Waals surface area (Å²) in [5.41, 5.74) is 0.963. The summed E-state index contributed by atoms with van der Waals surface area (Å²) in [6.45, 7) is 9.81. The van der Waals surface area contributed by atoms with E-state index in [1.165, 1.54) is 0 Å². The lowest BCUT2D eigenvalue weighted by molar-refractivity contribution is 0.242. The van der Waals surface area contributed by atoms with Crippen molar-refractivity contribution in [2.75, 3.05) is 0 Å². The standard InChI is InChI=1S/C35H36O5S4/c1-25(2)38-28-13-19-31(20-14-28)43(32-21-15-29(16-22-32)39-26(3)4,40-44(36,37)33-17-11-27(5)12-18-33)35-24-23-34(42-35)41-30-9-7-6-8-10-30/h6-26H,1-5H3. The quantitative estimate of drug-likeness (QED) is 0.132. The fourth-order valence-corrected chi connectivity index (χ4v) is 12.8. The molecule has 0 fully saturated rings. The van der Waals surface area contributed by atoms with Crippen LogP contribution in [0.5, 0.6) is 11.5 Å². The summed E-state index contributed by atoms with van der Waals surface area (Å²) in [6, 6.07) is 36.1. The fourth-order valence-electron chi connectivity index (χ4n) is 4.44. The molecule has 0 aliphatic heterocycles. The van der Waals surface area contributed by atoms with Gasteiger partial charge in [-0.15, -0.1) is 11.3 Å². The second kappa shape index (κ2) is 13.8. The average molecular weight is 665 g/mol. The zero-order chi connectivity index (χ0) is 31.3. The van der Waals surface area contributed by atoms with Crippen molar-refractivity contribution >= 4 is 43.5 Å². The van der Waals surface area contributed by atoms with Crippen molar-refractivity contribution < 1.29 is 21.5 Å². The van der Waals surface area contributed by atoms with Crippen LogP contribution >= 0.6 is 33.4 Å². The number of hydrogen-bond donors (Lipinski definition) is 0. The SMILES string of the molecule is Cc1ccc(S(=O)(=O)OS(c2ccc(OC(C)C)cc2)(c2ccc(OC(C)C)cc2)c2ccc(Sc3ccccc3)s2)cc1. The molecule has 5 rings (SSSR count). The number of benzene rings is 4. The molecule has 4 aromatic carbocycles. The van der Waals surface area contributed by atoms with E-state index in [0.29, 0.717) is 11.5 Å². The van der Waals surface area contributed by atoms with Crippen molar-refractivity contribution in [1.29, 1.82) is 0 Å². The highest BCUT2D eigenvalue weighted by atomic mass is 32.3. The topological polar surface area (TPSA) is 61.8 Å². The van der Waals surface area contributed by atoms with Crippen molar-refractivity contribution in [3.63, 3.8) is 0 Å². The van der Waals surface area contributed by atoms with Crippen LogP contribution in [0.4, 0.5) is 0 Å². The molecule has 0 atom stereocenters. The van der Waals surface area contributed by atoms with Gasteiger partial charge in [0.2, 0.25) is 0 Å². The normalized spacial score (nSPS) is 12.4. The van der Waals surface area contributed by atoms with Crippen molar-refractivity contribution in [2.24, 2.45) is 0 Å². The molecule has 0 spiro atoms. The summed E-state index contributed by atoms with van der Waals surface area (Å²) >= 11 is 3.18. The Hall–Kier alpha value is -3.21. The van der Waals surface area contributed by atoms with Crippen molar-refractivity contribution in [3.8, 4) is 11.5 Å². The van der Waals surface area contributed by atoms with Gasteiger partial charge in [-0.1, -0.05) is 47.7 Å². The maximum atomic E-state index is 14.2. The van der Waals surface area contributed by atoms with Gasteiger partial charge in [-0.05, 0) is 130 Å². The smallest absolute Gasteiger partial charge is 0.307 e. The molecule has 0 bridgehead atoms. The zero-order valence-corrected chi connectivity index (χ0v) is 28.6. The van der Waals surface area contributed by atoms with E-state index in [1.807, 2.05) is 113 Å². The molecule has 1 aromatic heterocycles. The molecule has 5 aromatic rings. The van der Waals surface area contributed by atoms with Crippen LogP contribution in [-0.4, -0.2) is 20.6 Å². The predicted molar refractivity (Wildman–Crippen MR) is 181 cm³/mol. The van der Waals surface area contributed by atoms with Crippen LogP contribution in [0, 0.1) is 6.92 Å². The molecule has 0 radical (unpaired) electrons. The summed E-state index contributed by atoms with van der Waals surface area (Å²) < 4.78 is 48.6. The minimum atomic E-state index is -4.21. The first-order chi connectivity index (χ1) is 21.0. The molecule has 0 unspecified atom stereocenters. The molecule has 0 aliphatic rings. The molecule has 0 saturated heterocycles. The molecule has 44 heavy (non-hydrogen) atoms. The Morgan fingerprint density at radius 1 is 0.614 bits per heavy atom. The Morgan fingerprint density at radius 2 is 1.11 bits per heavy atom. The highest BCUT2D eigenvalue weighted by Gasteiger charge is 2.40. The van der Waals surface area contributed by atoms with E-state index in [9.17, 15) is 8.42 Å². The van der Waals surface area contributed by atoms with Gasteiger partial charge in [0.05, 0.1) is 25.5 Å². The van der Waals surface area contributed by atoms with Crippen LogP contribution in [-0.2, 0) is 13.7 Å². The Labute approximate surface area is 270 Å². The lowest BCUT2D eigenvalue weighted by atomic mass is 10.2. The summed E-state index contributed by atoms with van der Waals surface area (Å²) in [4.78, 5) is 2.68. The van der Waals surface area contributed by atoms with Crippen LogP contribution in [0.15, 0.2) is 143 Å². The number of thiophene rings is 1. The Balaban J connectivity index is 1.71. The largest absolute Gasteiger partial charge is 0.491 e. The van der Waals surface area contributed by atoms with Crippen LogP contribution in [0.1, 0.15) is 33.3 Å². The van der Waals surface area contributed by atoms with E-state index in [0.717, 1.165) is 28.7 Å². The average Bonchev–Trinajstić information content (AvgIpc) is 3.46. The van der Waals surface area contributed by atoms with Gasteiger partial charge in [-0.25, -0.2) is 3.63 Å². The molecular formula is C35H36O5S4. The van der Waals surface area contributed by atoms with Gasteiger partial charge in [0.1, 0.15) is 11.5 Å². The zero-order valence-electron chi connectivity index (χ0n) is 25.3. The van der Waals surface area contributed by atoms with E-state index < -0.39 is 20.4 Å². The first-order valence-corrected chi connectivity index (χ1v) is 18.9. The highest BCUT2D eigenvalue weighted by Crippen LogP contribution is 2.72. The maximum Gasteiger partial charge on any atom is 0.307 e. The van der Waals surface area contributed by atoms with E-state index in [2.05, 4.69) is 12.1 Å². The van der Waals surface area contributed by atoms with Crippen LogP contribution in [0.2, 0.25) is 0 Å². The number of rotatable bonds is 12. The lowest BCUT2D eigenvalue weighted by Crippen LogP contribution is -2.14. The number of ether oxygens (including phenoxy) is 2. The molecule has 1 heterocycles. The monoisotopic (exact) mass is 664 g/mol. The molecule has 0 amide bonds. The van der Waals surface area contributed by atoms with Crippen molar-refractivity contribution in [1.82, 2.24) is 0 Å². The third-order valence-electron chi connectivity index (χ3n) is 6.36.